The van der Waals surface area contributed by atoms with Gasteiger partial charge in [0.15, 0.2) is 0 Å². The zero-order chi connectivity index (χ0) is 15.1. The number of benzene rings is 1. The zero-order valence-corrected chi connectivity index (χ0v) is 13.2. The summed E-state index contributed by atoms with van der Waals surface area (Å²) in [6.07, 6.45) is 1.13. The van der Waals surface area contributed by atoms with Crippen molar-refractivity contribution in [2.45, 2.75) is 19.8 Å². The third-order valence-electron chi connectivity index (χ3n) is 3.16. The fraction of sp³-hybridized carbons (Fsp3) is 0.375. The second-order valence-corrected chi connectivity index (χ2v) is 5.66. The van der Waals surface area contributed by atoms with Crippen molar-refractivity contribution in [2.24, 2.45) is 0 Å². The fourth-order valence-electron chi connectivity index (χ4n) is 1.98. The number of ether oxygens (including phenoxy) is 1. The van der Waals surface area contributed by atoms with E-state index in [0.29, 0.717) is 26.0 Å². The monoisotopic (exact) mass is 304 g/mol. The number of aryl methyl sites for hydroxylation is 2. The highest BCUT2D eigenvalue weighted by atomic mass is 32.1. The Balaban J connectivity index is 1.89. The van der Waals surface area contributed by atoms with Crippen LogP contribution in [-0.2, 0) is 16.0 Å². The highest BCUT2D eigenvalue weighted by Gasteiger charge is 2.08. The lowest BCUT2D eigenvalue weighted by Gasteiger charge is -2.03. The Hall–Kier alpha value is -1.72. The van der Waals surface area contributed by atoms with Gasteiger partial charge in [0.05, 0.1) is 12.3 Å². The molecule has 2 rings (SSSR count). The maximum Gasteiger partial charge on any atom is 0.220 e. The van der Waals surface area contributed by atoms with Crippen molar-refractivity contribution >= 4 is 17.2 Å². The normalized spacial score (nSPS) is 10.6. The minimum atomic E-state index is 0.0393. The molecule has 0 spiro atoms. The van der Waals surface area contributed by atoms with E-state index in [1.807, 2.05) is 17.5 Å². The Labute approximate surface area is 129 Å². The number of nitrogens with one attached hydrogen (secondary N) is 1. The molecule has 0 saturated heterocycles. The van der Waals surface area contributed by atoms with Gasteiger partial charge in [-0.1, -0.05) is 24.3 Å². The van der Waals surface area contributed by atoms with E-state index in [0.717, 1.165) is 10.7 Å². The van der Waals surface area contributed by atoms with Crippen LogP contribution in [0.15, 0.2) is 29.6 Å². The quantitative estimate of drug-likeness (QED) is 0.800. The van der Waals surface area contributed by atoms with Gasteiger partial charge in [-0.2, -0.15) is 0 Å². The number of thiazole rings is 1. The third-order valence-corrected chi connectivity index (χ3v) is 4.09. The highest BCUT2D eigenvalue weighted by Crippen LogP contribution is 2.26. The number of aromatic nitrogens is 1. The number of methoxy groups -OCH3 is 1. The van der Waals surface area contributed by atoms with Crippen LogP contribution >= 0.6 is 11.3 Å². The summed E-state index contributed by atoms with van der Waals surface area (Å²) >= 11 is 1.63. The molecule has 21 heavy (non-hydrogen) atoms. The molecule has 2 aromatic rings. The minimum Gasteiger partial charge on any atom is -0.383 e. The van der Waals surface area contributed by atoms with Gasteiger partial charge in [-0.3, -0.25) is 4.79 Å². The van der Waals surface area contributed by atoms with E-state index in [1.54, 1.807) is 18.4 Å². The van der Waals surface area contributed by atoms with Crippen LogP contribution in [0, 0.1) is 6.92 Å². The van der Waals surface area contributed by atoms with E-state index in [1.165, 1.54) is 11.1 Å². The number of hydrogen-bond acceptors (Lipinski definition) is 4. The SMILES string of the molecule is COCCNC(=O)CCc1csc(-c2ccccc2C)n1. The summed E-state index contributed by atoms with van der Waals surface area (Å²) in [6.45, 7) is 3.18. The number of hydrogen-bond donors (Lipinski definition) is 1. The van der Waals surface area contributed by atoms with Crippen molar-refractivity contribution in [3.8, 4) is 10.6 Å². The first-order chi connectivity index (χ1) is 10.2. The van der Waals surface area contributed by atoms with Crippen LogP contribution < -0.4 is 5.32 Å². The minimum absolute atomic E-state index is 0.0393. The predicted molar refractivity (Wildman–Crippen MR) is 85.5 cm³/mol. The van der Waals surface area contributed by atoms with E-state index in [2.05, 4.69) is 29.4 Å². The van der Waals surface area contributed by atoms with Crippen molar-refractivity contribution in [3.05, 3.63) is 40.9 Å². The average molecular weight is 304 g/mol. The number of carbonyl (C=O) groups is 1. The van der Waals surface area contributed by atoms with Crippen LogP contribution in [0.4, 0.5) is 0 Å². The second kappa shape index (κ2) is 7.90. The first-order valence-electron chi connectivity index (χ1n) is 6.96. The lowest BCUT2D eigenvalue weighted by molar-refractivity contribution is -0.121. The summed E-state index contributed by atoms with van der Waals surface area (Å²) < 4.78 is 4.89. The molecule has 0 atom stereocenters. The zero-order valence-electron chi connectivity index (χ0n) is 12.4. The molecule has 0 unspecified atom stereocenters. The molecule has 0 fully saturated rings. The van der Waals surface area contributed by atoms with Crippen molar-refractivity contribution in [3.63, 3.8) is 0 Å². The van der Waals surface area contributed by atoms with Gasteiger partial charge in [-0.25, -0.2) is 4.98 Å². The van der Waals surface area contributed by atoms with Gasteiger partial charge in [0.1, 0.15) is 5.01 Å². The van der Waals surface area contributed by atoms with Gasteiger partial charge >= 0.3 is 0 Å². The highest BCUT2D eigenvalue weighted by molar-refractivity contribution is 7.13. The van der Waals surface area contributed by atoms with E-state index in [4.69, 9.17) is 4.74 Å². The molecule has 0 aliphatic rings. The van der Waals surface area contributed by atoms with Gasteiger partial charge < -0.3 is 10.1 Å². The van der Waals surface area contributed by atoms with Crippen molar-refractivity contribution in [1.82, 2.24) is 10.3 Å². The van der Waals surface area contributed by atoms with Crippen LogP contribution in [0.3, 0.4) is 0 Å². The topological polar surface area (TPSA) is 51.2 Å². The Morgan fingerprint density at radius 2 is 2.19 bits per heavy atom. The summed E-state index contributed by atoms with van der Waals surface area (Å²) in [5, 5.41) is 5.86. The first-order valence-corrected chi connectivity index (χ1v) is 7.84. The molecule has 1 heterocycles. The number of carbonyl (C=O) groups excluding carboxylic acids is 1. The molecule has 0 aliphatic carbocycles. The maximum atomic E-state index is 11.6. The predicted octanol–water partition coefficient (Wildman–Crippen LogP) is 2.81. The molecule has 1 N–H and O–H groups in total. The van der Waals surface area contributed by atoms with E-state index >= 15 is 0 Å². The Morgan fingerprint density at radius 3 is 2.95 bits per heavy atom. The average Bonchev–Trinajstić information content (AvgIpc) is 2.94. The summed E-state index contributed by atoms with van der Waals surface area (Å²) in [5.41, 5.74) is 3.36. The first kappa shape index (κ1) is 15.7. The molecule has 0 radical (unpaired) electrons. The van der Waals surface area contributed by atoms with Gasteiger partial charge in [-0.15, -0.1) is 11.3 Å². The molecule has 4 nitrogen and oxygen atoms in total. The van der Waals surface area contributed by atoms with Gasteiger partial charge in [0, 0.05) is 31.0 Å². The maximum absolute atomic E-state index is 11.6. The van der Waals surface area contributed by atoms with Gasteiger partial charge in [0.2, 0.25) is 5.91 Å². The Kier molecular flexibility index (Phi) is 5.90. The number of nitrogens with zero attached hydrogens (tertiary/aromatic N) is 1. The molecule has 0 saturated carbocycles. The third kappa shape index (κ3) is 4.65. The van der Waals surface area contributed by atoms with E-state index < -0.39 is 0 Å². The molecule has 1 amide bonds. The molecule has 112 valence electrons. The standard InChI is InChI=1S/C16H20N2O2S/c1-12-5-3-4-6-14(12)16-18-13(11-21-16)7-8-15(19)17-9-10-20-2/h3-6,11H,7-10H2,1-2H3,(H,17,19). The van der Waals surface area contributed by atoms with Crippen molar-refractivity contribution in [1.29, 1.82) is 0 Å². The molecule has 1 aromatic heterocycles. The van der Waals surface area contributed by atoms with Crippen LogP contribution in [0.2, 0.25) is 0 Å². The van der Waals surface area contributed by atoms with Crippen molar-refractivity contribution in [2.75, 3.05) is 20.3 Å². The molecule has 5 heteroatoms. The van der Waals surface area contributed by atoms with E-state index in [-0.39, 0.29) is 5.91 Å². The Bertz CT molecular complexity index is 595. The molecule has 1 aromatic carbocycles. The summed E-state index contributed by atoms with van der Waals surface area (Å²) in [7, 11) is 1.62. The Morgan fingerprint density at radius 1 is 1.38 bits per heavy atom. The van der Waals surface area contributed by atoms with Crippen LogP contribution in [0.25, 0.3) is 10.6 Å². The molecule has 0 bridgehead atoms. The van der Waals surface area contributed by atoms with Crippen LogP contribution in [0.1, 0.15) is 17.7 Å². The molecule has 0 aliphatic heterocycles. The second-order valence-electron chi connectivity index (χ2n) is 4.80. The lowest BCUT2D eigenvalue weighted by atomic mass is 10.1. The molecular weight excluding hydrogens is 284 g/mol. The largest absolute Gasteiger partial charge is 0.383 e. The summed E-state index contributed by atoms with van der Waals surface area (Å²) in [5.74, 6) is 0.0393. The summed E-state index contributed by atoms with van der Waals surface area (Å²) in [4.78, 5) is 16.3. The summed E-state index contributed by atoms with van der Waals surface area (Å²) in [6, 6.07) is 8.21. The van der Waals surface area contributed by atoms with Crippen LogP contribution in [0.5, 0.6) is 0 Å². The lowest BCUT2D eigenvalue weighted by Crippen LogP contribution is -2.27. The molecular formula is C16H20N2O2S. The number of rotatable bonds is 7. The smallest absolute Gasteiger partial charge is 0.220 e. The van der Waals surface area contributed by atoms with Crippen molar-refractivity contribution < 1.29 is 9.53 Å². The number of amides is 1. The fourth-order valence-corrected chi connectivity index (χ4v) is 2.93. The van der Waals surface area contributed by atoms with Crippen LogP contribution in [-0.4, -0.2) is 31.2 Å². The van der Waals surface area contributed by atoms with Gasteiger partial charge in [-0.05, 0) is 18.9 Å². The van der Waals surface area contributed by atoms with Gasteiger partial charge in [0.25, 0.3) is 0 Å². The van der Waals surface area contributed by atoms with E-state index in [9.17, 15) is 4.79 Å².